The van der Waals surface area contributed by atoms with Gasteiger partial charge in [-0.3, -0.25) is 0 Å². The highest BCUT2D eigenvalue weighted by Gasteiger charge is 2.20. The molecular weight excluding hydrogens is 252 g/mol. The summed E-state index contributed by atoms with van der Waals surface area (Å²) < 4.78 is 5.40. The average molecular weight is 280 g/mol. The van der Waals surface area contributed by atoms with E-state index in [2.05, 4.69) is 28.9 Å². The summed E-state index contributed by atoms with van der Waals surface area (Å²) in [5, 5.41) is 4.14. The number of rotatable bonds is 6. The zero-order valence-corrected chi connectivity index (χ0v) is 12.9. The van der Waals surface area contributed by atoms with Gasteiger partial charge in [0.1, 0.15) is 0 Å². The molecular formula is C15H28N4O. The maximum Gasteiger partial charge on any atom is 0.266 e. The minimum absolute atomic E-state index is 0.242. The van der Waals surface area contributed by atoms with E-state index in [1.807, 2.05) is 0 Å². The van der Waals surface area contributed by atoms with Crippen molar-refractivity contribution in [2.45, 2.75) is 58.8 Å². The molecule has 1 aromatic heterocycles. The number of nitrogens with zero attached hydrogens (tertiary/aromatic N) is 3. The van der Waals surface area contributed by atoms with Crippen LogP contribution in [0.4, 0.5) is 5.95 Å². The lowest BCUT2D eigenvalue weighted by Gasteiger charge is -2.22. The number of nitrogens with two attached hydrogens (primary N) is 1. The van der Waals surface area contributed by atoms with Crippen LogP contribution < -0.4 is 10.6 Å². The molecule has 0 aliphatic carbocycles. The standard InChI is InChI=1S/C15H28N4O/c1-15(2,9-10-16)8-7-13-17-14(18-20-13)19-11-5-3-4-6-12-19/h3-12,16H2,1-2H3. The maximum atomic E-state index is 5.64. The quantitative estimate of drug-likeness (QED) is 0.867. The van der Waals surface area contributed by atoms with E-state index >= 15 is 0 Å². The summed E-state index contributed by atoms with van der Waals surface area (Å²) in [7, 11) is 0. The monoisotopic (exact) mass is 280 g/mol. The molecule has 1 aliphatic rings. The first-order valence-corrected chi connectivity index (χ1v) is 7.88. The molecule has 0 amide bonds. The first-order chi connectivity index (χ1) is 9.61. The highest BCUT2D eigenvalue weighted by molar-refractivity contribution is 5.27. The second kappa shape index (κ2) is 7.07. The normalized spacial score (nSPS) is 17.2. The van der Waals surface area contributed by atoms with Crippen LogP contribution in [0.25, 0.3) is 0 Å². The van der Waals surface area contributed by atoms with Crippen molar-refractivity contribution in [1.29, 1.82) is 0 Å². The molecule has 2 heterocycles. The van der Waals surface area contributed by atoms with E-state index in [0.717, 1.165) is 50.7 Å². The Morgan fingerprint density at radius 2 is 1.85 bits per heavy atom. The van der Waals surface area contributed by atoms with Gasteiger partial charge in [0.25, 0.3) is 5.95 Å². The average Bonchev–Trinajstić information content (AvgIpc) is 2.71. The van der Waals surface area contributed by atoms with Gasteiger partial charge < -0.3 is 15.2 Å². The molecule has 0 aromatic carbocycles. The van der Waals surface area contributed by atoms with Gasteiger partial charge in [-0.2, -0.15) is 4.98 Å². The molecule has 0 radical (unpaired) electrons. The van der Waals surface area contributed by atoms with Crippen LogP contribution in [0.15, 0.2) is 4.52 Å². The maximum absolute atomic E-state index is 5.64. The third-order valence-corrected chi connectivity index (χ3v) is 4.18. The Morgan fingerprint density at radius 1 is 1.15 bits per heavy atom. The summed E-state index contributed by atoms with van der Waals surface area (Å²) in [5.74, 6) is 1.54. The highest BCUT2D eigenvalue weighted by Crippen LogP contribution is 2.26. The Hall–Kier alpha value is -1.10. The van der Waals surface area contributed by atoms with Crippen LogP contribution in [0.1, 0.15) is 58.3 Å². The van der Waals surface area contributed by atoms with Crippen LogP contribution in [-0.4, -0.2) is 29.8 Å². The van der Waals surface area contributed by atoms with Gasteiger partial charge in [-0.1, -0.05) is 26.7 Å². The number of aromatic nitrogens is 2. The fraction of sp³-hybridized carbons (Fsp3) is 0.867. The van der Waals surface area contributed by atoms with Crippen LogP contribution in [0, 0.1) is 5.41 Å². The van der Waals surface area contributed by atoms with Crippen molar-refractivity contribution in [3.8, 4) is 0 Å². The van der Waals surface area contributed by atoms with Gasteiger partial charge in [0.15, 0.2) is 0 Å². The predicted octanol–water partition coefficient (Wildman–Crippen LogP) is 2.76. The third-order valence-electron chi connectivity index (χ3n) is 4.18. The summed E-state index contributed by atoms with van der Waals surface area (Å²) in [6, 6.07) is 0. The summed E-state index contributed by atoms with van der Waals surface area (Å²) in [6.07, 6.45) is 7.99. The largest absolute Gasteiger partial charge is 0.338 e. The molecule has 1 aromatic rings. The molecule has 2 N–H and O–H groups in total. The molecule has 1 fully saturated rings. The Morgan fingerprint density at radius 3 is 2.50 bits per heavy atom. The molecule has 5 nitrogen and oxygen atoms in total. The van der Waals surface area contributed by atoms with Gasteiger partial charge in [-0.25, -0.2) is 0 Å². The first-order valence-electron chi connectivity index (χ1n) is 7.88. The topological polar surface area (TPSA) is 68.2 Å². The van der Waals surface area contributed by atoms with Crippen molar-refractivity contribution in [1.82, 2.24) is 10.1 Å². The van der Waals surface area contributed by atoms with Crippen molar-refractivity contribution in [2.75, 3.05) is 24.5 Å². The Labute approximate surface area is 121 Å². The van der Waals surface area contributed by atoms with Gasteiger partial charge in [-0.15, -0.1) is 0 Å². The molecule has 0 atom stereocenters. The molecule has 0 spiro atoms. The minimum atomic E-state index is 0.242. The van der Waals surface area contributed by atoms with E-state index in [1.165, 1.54) is 25.7 Å². The van der Waals surface area contributed by atoms with Gasteiger partial charge in [0, 0.05) is 19.5 Å². The van der Waals surface area contributed by atoms with Crippen molar-refractivity contribution in [3.63, 3.8) is 0 Å². The molecule has 0 unspecified atom stereocenters. The SMILES string of the molecule is CC(C)(CCN)CCc1nc(N2CCCCCC2)no1. The lowest BCUT2D eigenvalue weighted by molar-refractivity contribution is 0.289. The molecule has 0 saturated carbocycles. The number of anilines is 1. The smallest absolute Gasteiger partial charge is 0.266 e. The zero-order chi connectivity index (χ0) is 14.4. The van der Waals surface area contributed by atoms with Crippen molar-refractivity contribution >= 4 is 5.95 Å². The second-order valence-corrected chi connectivity index (χ2v) is 6.59. The predicted molar refractivity (Wildman–Crippen MR) is 80.8 cm³/mol. The molecule has 20 heavy (non-hydrogen) atoms. The fourth-order valence-electron chi connectivity index (χ4n) is 2.71. The molecule has 2 rings (SSSR count). The zero-order valence-electron chi connectivity index (χ0n) is 12.9. The Balaban J connectivity index is 1.88. The van der Waals surface area contributed by atoms with Crippen LogP contribution in [0.3, 0.4) is 0 Å². The lowest BCUT2D eigenvalue weighted by atomic mass is 9.84. The Bertz CT molecular complexity index is 394. The van der Waals surface area contributed by atoms with Crippen LogP contribution in [0.5, 0.6) is 0 Å². The van der Waals surface area contributed by atoms with Crippen molar-refractivity contribution in [2.24, 2.45) is 11.1 Å². The van der Waals surface area contributed by atoms with Gasteiger partial charge >= 0.3 is 0 Å². The van der Waals surface area contributed by atoms with E-state index in [1.54, 1.807) is 0 Å². The van der Waals surface area contributed by atoms with E-state index in [4.69, 9.17) is 10.3 Å². The summed E-state index contributed by atoms with van der Waals surface area (Å²) >= 11 is 0. The van der Waals surface area contributed by atoms with Crippen LogP contribution >= 0.6 is 0 Å². The molecule has 5 heteroatoms. The minimum Gasteiger partial charge on any atom is -0.338 e. The Kier molecular flexibility index (Phi) is 5.40. The number of aryl methyl sites for hydroxylation is 1. The van der Waals surface area contributed by atoms with Gasteiger partial charge in [-0.05, 0) is 42.8 Å². The van der Waals surface area contributed by atoms with Crippen molar-refractivity contribution < 1.29 is 4.52 Å². The third kappa shape index (κ3) is 4.47. The van der Waals surface area contributed by atoms with Crippen LogP contribution in [0.2, 0.25) is 0 Å². The summed E-state index contributed by atoms with van der Waals surface area (Å²) in [5.41, 5.74) is 5.88. The van der Waals surface area contributed by atoms with Gasteiger partial charge in [0.05, 0.1) is 0 Å². The second-order valence-electron chi connectivity index (χ2n) is 6.59. The highest BCUT2D eigenvalue weighted by atomic mass is 16.5. The van der Waals surface area contributed by atoms with Gasteiger partial charge in [0.2, 0.25) is 5.89 Å². The van der Waals surface area contributed by atoms with E-state index in [9.17, 15) is 0 Å². The van der Waals surface area contributed by atoms with Crippen LogP contribution in [-0.2, 0) is 6.42 Å². The summed E-state index contributed by atoms with van der Waals surface area (Å²) in [4.78, 5) is 6.81. The first kappa shape index (κ1) is 15.3. The molecule has 1 aliphatic heterocycles. The molecule has 0 bridgehead atoms. The fourth-order valence-corrected chi connectivity index (χ4v) is 2.71. The van der Waals surface area contributed by atoms with E-state index < -0.39 is 0 Å². The summed E-state index contributed by atoms with van der Waals surface area (Å²) in [6.45, 7) is 7.32. The van der Waals surface area contributed by atoms with Crippen molar-refractivity contribution in [3.05, 3.63) is 5.89 Å². The van der Waals surface area contributed by atoms with E-state index in [0.29, 0.717) is 0 Å². The van der Waals surface area contributed by atoms with E-state index in [-0.39, 0.29) is 5.41 Å². The lowest BCUT2D eigenvalue weighted by Crippen LogP contribution is -2.25. The number of hydrogen-bond acceptors (Lipinski definition) is 5. The number of hydrogen-bond donors (Lipinski definition) is 1. The molecule has 1 saturated heterocycles. The molecule has 114 valence electrons.